The lowest BCUT2D eigenvalue weighted by molar-refractivity contribution is -0.292. The molecule has 150 heavy (non-hydrogen) atoms. The summed E-state index contributed by atoms with van der Waals surface area (Å²) in [5.41, 5.74) is 15.0. The maximum Gasteiger partial charge on any atom is 0.245 e. The number of unbranched alkanes of at least 4 members (excludes halogenated alkanes) is 10. The Kier molecular flexibility index (Phi) is 92.0. The number of amides is 2. The molecule has 3 aliphatic heterocycles. The van der Waals surface area contributed by atoms with E-state index in [1.165, 1.54) is 141 Å². The number of nitrogens with one attached hydrogen (secondary N) is 3. The van der Waals surface area contributed by atoms with Gasteiger partial charge in [-0.2, -0.15) is 0 Å². The molecule has 0 bridgehead atoms. The Morgan fingerprint density at radius 1 is 0.453 bits per heavy atom. The molecule has 3 aliphatic rings. The van der Waals surface area contributed by atoms with Gasteiger partial charge < -0.3 is 144 Å². The van der Waals surface area contributed by atoms with Gasteiger partial charge >= 0.3 is 0 Å². The van der Waals surface area contributed by atoms with Crippen LogP contribution in [0.25, 0.3) is 0 Å². The Morgan fingerprint density at radius 2 is 0.887 bits per heavy atom. The number of rotatable bonds is 86. The molecule has 39 nitrogen and oxygen atoms in total. The van der Waals surface area contributed by atoms with Crippen molar-refractivity contribution < 1.29 is 116 Å². The van der Waals surface area contributed by atoms with Gasteiger partial charge in [-0.05, 0) is 193 Å². The van der Waals surface area contributed by atoms with E-state index in [9.17, 15) is 49.8 Å². The quantitative estimate of drug-likeness (QED) is 0.0274. The summed E-state index contributed by atoms with van der Waals surface area (Å²) in [4.78, 5) is 57.4. The van der Waals surface area contributed by atoms with E-state index in [2.05, 4.69) is 195 Å². The maximum atomic E-state index is 12.4. The Hall–Kier alpha value is -4.94. The minimum absolute atomic E-state index is 0.0551. The van der Waals surface area contributed by atoms with Crippen LogP contribution in [0.2, 0.25) is 0 Å². The number of likely N-dealkylation sites (N-methyl/N-ethyl adjacent to an activating group) is 2. The molecule has 3 saturated heterocycles. The molecule has 3 fully saturated rings. The van der Waals surface area contributed by atoms with Crippen LogP contribution in [0.4, 0.5) is 0 Å². The first-order valence-electron chi connectivity index (χ1n) is 57.0. The third-order valence-corrected chi connectivity index (χ3v) is 25.6. The van der Waals surface area contributed by atoms with Crippen LogP contribution in [0.15, 0.2) is 24.7 Å². The summed E-state index contributed by atoms with van der Waals surface area (Å²) in [6.45, 7) is 58.4. The lowest BCUT2D eigenvalue weighted by atomic mass is 9.96. The van der Waals surface area contributed by atoms with E-state index in [0.29, 0.717) is 170 Å². The van der Waals surface area contributed by atoms with Crippen LogP contribution in [-0.4, -0.2) is 423 Å². The highest BCUT2D eigenvalue weighted by Gasteiger charge is 2.47. The number of aromatic nitrogens is 6. The average molecular weight is 2150 g/mol. The number of hydrogen-bond acceptors (Lipinski definition) is 35. The van der Waals surface area contributed by atoms with Gasteiger partial charge in [0, 0.05) is 89.8 Å². The summed E-state index contributed by atoms with van der Waals surface area (Å²) in [5, 5.41) is 85.0. The predicted octanol–water partition coefficient (Wildman–Crippen LogP) is 10.5. The minimum atomic E-state index is -1.49. The number of aliphatic hydroxyl groups excluding tert-OH is 6. The van der Waals surface area contributed by atoms with Gasteiger partial charge in [-0.25, -0.2) is 9.36 Å². The van der Waals surface area contributed by atoms with Crippen LogP contribution in [0.1, 0.15) is 289 Å². The molecule has 2 aromatic heterocycles. The lowest BCUT2D eigenvalue weighted by Gasteiger charge is -2.39. The number of carbonyl (C=O) groups is 4. The van der Waals surface area contributed by atoms with E-state index in [4.69, 9.17) is 77.8 Å². The van der Waals surface area contributed by atoms with Gasteiger partial charge in [0.15, 0.2) is 18.3 Å². The van der Waals surface area contributed by atoms with E-state index in [1.807, 2.05) is 6.20 Å². The number of aliphatic hydroxyl groups is 6. The second-order valence-corrected chi connectivity index (χ2v) is 42.9. The van der Waals surface area contributed by atoms with Gasteiger partial charge in [-0.15, -0.1) is 10.2 Å². The molecular formula is C111H221N15O24. The second kappa shape index (κ2) is 95.1. The summed E-state index contributed by atoms with van der Waals surface area (Å²) in [7, 11) is 12.2. The molecule has 0 radical (unpaired) electrons. The molecule has 13 unspecified atom stereocenters. The third-order valence-electron chi connectivity index (χ3n) is 25.6. The predicted molar refractivity (Wildman–Crippen MR) is 592 cm³/mol. The van der Waals surface area contributed by atoms with Gasteiger partial charge in [0.05, 0.1) is 162 Å². The van der Waals surface area contributed by atoms with Gasteiger partial charge in [-0.1, -0.05) is 191 Å². The SMILES string of the molecule is C=C(C(N)CCCCN(C)C)N(C)CCC(C)C.CC(=O)C1OC(n2cc(CCCCCCC(C)C)nn2)C(O)C(O)C1O.CC(C)CCN(C)C1CNC1.CCCCN(C)CCC(C)C.CCCCOCCOCCOCCOCCOCCOCCOCCOCCOCCOCCOCC(=O)NCCCCC(N)C(=O)CC(C)C(=O)NCCC(C)C.COC1OC(Cn2cc(CCCCCCC(C)C)nn2)C(O)C(O)C1O. The first-order valence-corrected chi connectivity index (χ1v) is 57.0. The standard InChI is InChI=1S/C41H81N3O14.C18H33N3O5.C18H31N3O5.C15H33N3.C10H23N.C9H20N2/c1-5-6-13-48-14-15-49-16-17-50-18-19-51-20-21-52-22-23-53-24-25-54-26-27-55-28-29-56-30-31-57-32-33-58-35-40(46)43-11-8-7-9-38(42)39(45)34-37(4)41(47)44-12-10-36(2)3;1-12(2)8-6-4-5-7-9-13-10-21(20-19-13)11-14-15(22)16(23)17(24)18(25-3)26-14;1-11(2)8-6-4-5-7-9-13-10-21(20-19-13)18-16(25)14(23)15(24)17(26-18)12(3)22;1-13(2)10-12-18(6)14(3)15(16)9-7-8-11-17(4)5;1-5-6-8-11(4)9-7-10(2)3;1-8(2)4-5-11(3)9-6-10-7-9/h36-38H,5-35,42H2,1-4H3,(H,43,46)(H,44,47);10,12,14-18,22-24H,4-9,11H2,1-3H3;10-11,14-18,23-25H,4-9H2,1-3H3;13,15H,3,7-12,16H2,1-2,4-6H3;10H,5-9H2,1-4H3;8-10H,4-7H2,1-3H3. The molecule has 0 spiro atoms. The smallest absolute Gasteiger partial charge is 0.245 e. The van der Waals surface area contributed by atoms with Crippen LogP contribution in [0.5, 0.6) is 0 Å². The van der Waals surface area contributed by atoms with Crippen molar-refractivity contribution >= 4 is 23.4 Å². The molecule has 2 amide bonds. The fraction of sp³-hybridized carbons (Fsp3) is 0.910. The molecule has 5 heterocycles. The molecule has 0 aromatic carbocycles. The Bertz CT molecular complexity index is 3450. The topological polar surface area (TPSA) is 481 Å². The van der Waals surface area contributed by atoms with Crippen LogP contribution in [-0.2, 0) is 105 Å². The molecule has 2 aromatic rings. The Balaban J connectivity index is 0.00000199. The molecule has 5 rings (SSSR count). The number of methoxy groups -OCH3 is 1. The summed E-state index contributed by atoms with van der Waals surface area (Å²) >= 11 is 0. The number of carbonyl (C=O) groups excluding carboxylic acids is 4. The zero-order chi connectivity index (χ0) is 112. The van der Waals surface area contributed by atoms with Crippen molar-refractivity contribution in [2.45, 2.75) is 370 Å². The largest absolute Gasteiger partial charge is 0.388 e. The first-order chi connectivity index (χ1) is 71.7. The number of ketones is 2. The van der Waals surface area contributed by atoms with Crippen molar-refractivity contribution in [1.82, 2.24) is 65.5 Å². The fourth-order valence-corrected chi connectivity index (χ4v) is 15.2. The number of nitrogens with two attached hydrogens (primary N) is 2. The van der Waals surface area contributed by atoms with Gasteiger partial charge in [0.1, 0.15) is 61.2 Å². The van der Waals surface area contributed by atoms with Gasteiger partial charge in [-0.3, -0.25) is 19.2 Å². The molecule has 13 atom stereocenters. The van der Waals surface area contributed by atoms with Crippen LogP contribution >= 0.6 is 0 Å². The Morgan fingerprint density at radius 3 is 1.35 bits per heavy atom. The van der Waals surface area contributed by atoms with E-state index < -0.39 is 79.1 Å². The number of aryl methyl sites for hydroxylation is 2. The van der Waals surface area contributed by atoms with E-state index >= 15 is 0 Å². The van der Waals surface area contributed by atoms with Crippen molar-refractivity contribution in [2.75, 3.05) is 247 Å². The number of nitrogens with zero attached hydrogens (tertiary/aromatic N) is 10. The van der Waals surface area contributed by atoms with E-state index in [0.717, 1.165) is 130 Å². The second-order valence-electron chi connectivity index (χ2n) is 42.9. The normalized spacial score (nSPS) is 18.9. The summed E-state index contributed by atoms with van der Waals surface area (Å²) in [6.07, 6.45) is 19.9. The van der Waals surface area contributed by atoms with Crippen molar-refractivity contribution in [3.8, 4) is 0 Å². The highest BCUT2D eigenvalue weighted by molar-refractivity contribution is 5.89. The third kappa shape index (κ3) is 79.1. The van der Waals surface area contributed by atoms with Crippen molar-refractivity contribution in [1.29, 1.82) is 0 Å². The lowest BCUT2D eigenvalue weighted by Crippen LogP contribution is -2.58. The monoisotopic (exact) mass is 2150 g/mol. The molecule has 884 valence electrons. The first kappa shape index (κ1) is 145. The van der Waals surface area contributed by atoms with Crippen LogP contribution in [0.3, 0.4) is 0 Å². The summed E-state index contributed by atoms with van der Waals surface area (Å²) in [5.74, 6) is 3.16. The molecule has 13 N–H and O–H groups in total. The number of ether oxygens (including phenoxy) is 14. The van der Waals surface area contributed by atoms with Crippen molar-refractivity contribution in [3.05, 3.63) is 36.1 Å². The number of hydrogen-bond donors (Lipinski definition) is 11. The van der Waals surface area contributed by atoms with Gasteiger partial charge in [0.2, 0.25) is 11.8 Å². The summed E-state index contributed by atoms with van der Waals surface area (Å²) < 4.78 is 78.9. The maximum absolute atomic E-state index is 12.4. The van der Waals surface area contributed by atoms with Crippen molar-refractivity contribution in [2.24, 2.45) is 52.9 Å². The summed E-state index contributed by atoms with van der Waals surface area (Å²) in [6, 6.07) is 0.320. The Labute approximate surface area is 906 Å². The molecular weight excluding hydrogens is 1930 g/mol. The van der Waals surface area contributed by atoms with Crippen LogP contribution in [0, 0.1) is 41.4 Å². The van der Waals surface area contributed by atoms with E-state index in [1.54, 1.807) is 17.8 Å². The number of Topliss-reactive ketones (excluding diaryl/α,β-unsaturated/α-hetero) is 2. The zero-order valence-corrected chi connectivity index (χ0v) is 97.8. The zero-order valence-electron chi connectivity index (χ0n) is 97.8. The molecule has 39 heteroatoms. The average Bonchev–Trinajstić information content (AvgIpc) is 1.46. The van der Waals surface area contributed by atoms with Gasteiger partial charge in [0.25, 0.3) is 0 Å². The van der Waals surface area contributed by atoms with Crippen molar-refractivity contribution in [3.63, 3.8) is 0 Å². The minimum Gasteiger partial charge on any atom is -0.388 e. The van der Waals surface area contributed by atoms with E-state index in [-0.39, 0.29) is 43.2 Å². The molecule has 0 saturated carbocycles. The van der Waals surface area contributed by atoms with Crippen LogP contribution < -0.4 is 27.4 Å². The highest BCUT2D eigenvalue weighted by Crippen LogP contribution is 2.30. The fourth-order valence-electron chi connectivity index (χ4n) is 15.2. The molecule has 0 aliphatic carbocycles. The highest BCUT2D eigenvalue weighted by atomic mass is 16.7.